The molecule has 1 N–H and O–H groups in total. The number of Topliss-reactive ketones (excluding diaryl/α,β-unsaturated/α-hetero) is 1. The topological polar surface area (TPSA) is 87.6 Å². The van der Waals surface area contributed by atoms with Gasteiger partial charge >= 0.3 is 0 Å². The van der Waals surface area contributed by atoms with Crippen LogP contribution >= 0.6 is 0 Å². The Morgan fingerprint density at radius 1 is 1.36 bits per heavy atom. The van der Waals surface area contributed by atoms with Crippen molar-refractivity contribution in [3.8, 4) is 11.3 Å². The Morgan fingerprint density at radius 3 is 2.96 bits per heavy atom. The number of carbonyl (C=O) groups is 2. The fraction of sp³-hybridized carbons (Fsp3) is 0.381. The first-order valence-corrected chi connectivity index (χ1v) is 9.52. The molecule has 0 unspecified atom stereocenters. The van der Waals surface area contributed by atoms with Gasteiger partial charge in [0.05, 0.1) is 24.3 Å². The van der Waals surface area contributed by atoms with E-state index in [0.717, 1.165) is 18.5 Å². The van der Waals surface area contributed by atoms with Crippen LogP contribution in [-0.2, 0) is 4.79 Å². The van der Waals surface area contributed by atoms with Crippen LogP contribution in [-0.4, -0.2) is 59.5 Å². The van der Waals surface area contributed by atoms with Crippen LogP contribution in [0.2, 0.25) is 0 Å². The highest BCUT2D eigenvalue weighted by Gasteiger charge is 2.16. The molecule has 7 heteroatoms. The van der Waals surface area contributed by atoms with Crippen molar-refractivity contribution in [2.24, 2.45) is 4.99 Å². The summed E-state index contributed by atoms with van der Waals surface area (Å²) in [5, 5.41) is 3.39. The predicted molar refractivity (Wildman–Crippen MR) is 109 cm³/mol. The van der Waals surface area contributed by atoms with Crippen LogP contribution in [0.4, 0.5) is 5.69 Å². The zero-order valence-corrected chi connectivity index (χ0v) is 16.0. The summed E-state index contributed by atoms with van der Waals surface area (Å²) in [6.07, 6.45) is 9.60. The number of nitrogens with zero attached hydrogens (tertiary/aromatic N) is 4. The molecule has 1 saturated heterocycles. The number of pyridine rings is 2. The van der Waals surface area contributed by atoms with Crippen LogP contribution in [0.5, 0.6) is 0 Å². The Morgan fingerprint density at radius 2 is 2.25 bits per heavy atom. The van der Waals surface area contributed by atoms with Crippen molar-refractivity contribution in [2.75, 3.05) is 20.1 Å². The number of aliphatic imine (C=N–C) groups is 1. The molecule has 1 aliphatic heterocycles. The summed E-state index contributed by atoms with van der Waals surface area (Å²) >= 11 is 0. The second-order valence-electron chi connectivity index (χ2n) is 7.01. The molecule has 1 atom stereocenters. The van der Waals surface area contributed by atoms with E-state index in [4.69, 9.17) is 0 Å². The van der Waals surface area contributed by atoms with Gasteiger partial charge in [-0.25, -0.2) is 9.98 Å². The van der Waals surface area contributed by atoms with Crippen LogP contribution in [0, 0.1) is 0 Å². The van der Waals surface area contributed by atoms with E-state index in [9.17, 15) is 9.59 Å². The lowest BCUT2D eigenvalue weighted by Crippen LogP contribution is -2.37. The Labute approximate surface area is 164 Å². The quantitative estimate of drug-likeness (QED) is 0.431. The zero-order chi connectivity index (χ0) is 19.8. The van der Waals surface area contributed by atoms with Gasteiger partial charge in [-0.1, -0.05) is 6.42 Å². The molecule has 1 aliphatic rings. The van der Waals surface area contributed by atoms with Crippen molar-refractivity contribution in [1.82, 2.24) is 20.2 Å². The van der Waals surface area contributed by atoms with Crippen molar-refractivity contribution < 1.29 is 9.59 Å². The molecule has 0 radical (unpaired) electrons. The predicted octanol–water partition coefficient (Wildman–Crippen LogP) is 2.65. The number of hydrogen-bond donors (Lipinski definition) is 1. The molecule has 0 aliphatic carbocycles. The lowest BCUT2D eigenvalue weighted by molar-refractivity contribution is -0.119. The molecule has 1 fully saturated rings. The van der Waals surface area contributed by atoms with Crippen molar-refractivity contribution in [2.45, 2.75) is 31.7 Å². The van der Waals surface area contributed by atoms with Gasteiger partial charge in [0, 0.05) is 37.5 Å². The minimum Gasteiger partial charge on any atom is -0.358 e. The van der Waals surface area contributed by atoms with Crippen molar-refractivity contribution in [3.63, 3.8) is 0 Å². The Bertz CT molecular complexity index is 832. The van der Waals surface area contributed by atoms with E-state index in [1.807, 2.05) is 12.1 Å². The summed E-state index contributed by atoms with van der Waals surface area (Å²) in [6, 6.07) is 7.54. The van der Waals surface area contributed by atoms with Gasteiger partial charge in [0.1, 0.15) is 5.69 Å². The number of ketones is 1. The number of hydrogen-bond acceptors (Lipinski definition) is 6. The van der Waals surface area contributed by atoms with Gasteiger partial charge in [0.25, 0.3) is 0 Å². The van der Waals surface area contributed by atoms with Crippen molar-refractivity contribution in [1.29, 1.82) is 0 Å². The monoisotopic (exact) mass is 379 g/mol. The smallest absolute Gasteiger partial charge is 0.170 e. The summed E-state index contributed by atoms with van der Waals surface area (Å²) in [5.74, 6) is 0.175. The van der Waals surface area contributed by atoms with Crippen LogP contribution in [0.3, 0.4) is 0 Å². The molecule has 0 bridgehead atoms. The molecule has 146 valence electrons. The number of nitrogens with one attached hydrogen (secondary N) is 1. The Hall–Kier alpha value is -2.93. The van der Waals surface area contributed by atoms with Gasteiger partial charge in [0.15, 0.2) is 12.1 Å². The summed E-state index contributed by atoms with van der Waals surface area (Å²) in [5.41, 5.74) is 2.22. The summed E-state index contributed by atoms with van der Waals surface area (Å²) in [6.45, 7) is 1.28. The van der Waals surface area contributed by atoms with Crippen molar-refractivity contribution >= 4 is 24.1 Å². The molecule has 0 amide bonds. The second-order valence-corrected chi connectivity index (χ2v) is 7.01. The first-order chi connectivity index (χ1) is 13.7. The molecule has 0 spiro atoms. The summed E-state index contributed by atoms with van der Waals surface area (Å²) in [4.78, 5) is 38.2. The zero-order valence-electron chi connectivity index (χ0n) is 16.0. The maximum absolute atomic E-state index is 12.2. The first-order valence-electron chi connectivity index (χ1n) is 9.52. The standard InChI is InChI=1S/C21H25N5O2/c1-26(13-18(28)11-17-6-2-3-10-23-17)15-24-20-8-7-19(25-21(20)14-27)16-5-4-9-22-12-16/h4-5,7-9,12,14-15,17,23H,2-3,6,10-11,13H2,1H3/b24-15-/t17-/m0/s1. The fourth-order valence-electron chi connectivity index (χ4n) is 3.26. The van der Waals surface area contributed by atoms with Gasteiger partial charge in [-0.2, -0.15) is 0 Å². The van der Waals surface area contributed by atoms with Crippen molar-refractivity contribution in [3.05, 3.63) is 42.4 Å². The van der Waals surface area contributed by atoms with Gasteiger partial charge in [-0.15, -0.1) is 0 Å². The van der Waals surface area contributed by atoms with Gasteiger partial charge in [0.2, 0.25) is 0 Å². The van der Waals surface area contributed by atoms with Crippen LogP contribution in [0.15, 0.2) is 41.7 Å². The highest BCUT2D eigenvalue weighted by atomic mass is 16.1. The highest BCUT2D eigenvalue weighted by Crippen LogP contribution is 2.22. The van der Waals surface area contributed by atoms with Gasteiger partial charge < -0.3 is 10.2 Å². The molecule has 2 aromatic rings. The molecule has 7 nitrogen and oxygen atoms in total. The molecule has 3 heterocycles. The van der Waals surface area contributed by atoms with Gasteiger partial charge in [-0.3, -0.25) is 14.6 Å². The number of aldehydes is 1. The minimum atomic E-state index is 0.175. The number of carbonyl (C=O) groups excluding carboxylic acids is 2. The third-order valence-corrected chi connectivity index (χ3v) is 4.68. The number of piperidine rings is 1. The lowest BCUT2D eigenvalue weighted by Gasteiger charge is -2.23. The molecule has 28 heavy (non-hydrogen) atoms. The van der Waals surface area contributed by atoms with Crippen LogP contribution in [0.25, 0.3) is 11.3 Å². The van der Waals surface area contributed by atoms with Crippen LogP contribution in [0.1, 0.15) is 36.2 Å². The van der Waals surface area contributed by atoms with Gasteiger partial charge in [-0.05, 0) is 43.7 Å². The van der Waals surface area contributed by atoms with E-state index >= 15 is 0 Å². The lowest BCUT2D eigenvalue weighted by atomic mass is 10.00. The molecule has 2 aromatic heterocycles. The third-order valence-electron chi connectivity index (χ3n) is 4.68. The average molecular weight is 379 g/mol. The van der Waals surface area contributed by atoms with E-state index in [1.165, 1.54) is 12.8 Å². The van der Waals surface area contributed by atoms with E-state index < -0.39 is 0 Å². The van der Waals surface area contributed by atoms with E-state index in [1.54, 1.807) is 42.8 Å². The fourth-order valence-corrected chi connectivity index (χ4v) is 3.26. The first kappa shape index (κ1) is 19.8. The SMILES string of the molecule is CN(/C=N\c1ccc(-c2cccnc2)nc1C=O)CC(=O)C[C@@H]1CCCCN1. The van der Waals surface area contributed by atoms with E-state index in [2.05, 4.69) is 20.3 Å². The molecule has 3 rings (SSSR count). The van der Waals surface area contributed by atoms with E-state index in [-0.39, 0.29) is 17.5 Å². The Kier molecular flexibility index (Phi) is 6.97. The summed E-state index contributed by atoms with van der Waals surface area (Å²) in [7, 11) is 1.80. The largest absolute Gasteiger partial charge is 0.358 e. The molecular formula is C21H25N5O2. The second kappa shape index (κ2) is 9.85. The summed E-state index contributed by atoms with van der Waals surface area (Å²) < 4.78 is 0. The normalized spacial score (nSPS) is 16.8. The number of aromatic nitrogens is 2. The number of rotatable bonds is 8. The molecule has 0 saturated carbocycles. The highest BCUT2D eigenvalue weighted by molar-refractivity contribution is 5.85. The van der Waals surface area contributed by atoms with Crippen LogP contribution < -0.4 is 5.32 Å². The maximum Gasteiger partial charge on any atom is 0.170 e. The van der Waals surface area contributed by atoms with E-state index in [0.29, 0.717) is 30.6 Å². The average Bonchev–Trinajstić information content (AvgIpc) is 2.73. The third kappa shape index (κ3) is 5.53. The molecular weight excluding hydrogens is 354 g/mol. The minimum absolute atomic E-state index is 0.175. The maximum atomic E-state index is 12.2. The molecule has 0 aromatic carbocycles. The number of likely N-dealkylation sites (N-methyl/N-ethyl adjacent to an activating group) is 1. The Balaban J connectivity index is 1.61.